The zero-order chi connectivity index (χ0) is 24.9. The number of carbonyl (C=O) groups excluding carboxylic acids is 1. The van der Waals surface area contributed by atoms with Crippen molar-refractivity contribution < 1.29 is 9.21 Å². The Balaban J connectivity index is 1.15. The van der Waals surface area contributed by atoms with E-state index in [4.69, 9.17) is 9.40 Å². The first-order chi connectivity index (χ1) is 17.6. The van der Waals surface area contributed by atoms with E-state index >= 15 is 0 Å². The maximum Gasteiger partial charge on any atom is 0.252 e. The summed E-state index contributed by atoms with van der Waals surface area (Å²) in [6.07, 6.45) is 5.34. The quantitative estimate of drug-likeness (QED) is 0.348. The number of anilines is 1. The Labute approximate surface area is 211 Å². The van der Waals surface area contributed by atoms with Crippen LogP contribution in [0.15, 0.2) is 65.4 Å². The molecule has 1 N–H and O–H groups in total. The first-order valence-corrected chi connectivity index (χ1v) is 12.8. The number of hydrogen-bond acceptors (Lipinski definition) is 6. The van der Waals surface area contributed by atoms with E-state index in [9.17, 15) is 4.79 Å². The van der Waals surface area contributed by atoms with Crippen LogP contribution in [0.25, 0.3) is 22.5 Å². The van der Waals surface area contributed by atoms with Crippen molar-refractivity contribution >= 4 is 22.6 Å². The number of piperazine rings is 1. The summed E-state index contributed by atoms with van der Waals surface area (Å²) >= 11 is 0. The van der Waals surface area contributed by atoms with Gasteiger partial charge in [0.1, 0.15) is 5.69 Å². The molecule has 4 heterocycles. The molecule has 36 heavy (non-hydrogen) atoms. The van der Waals surface area contributed by atoms with E-state index in [1.165, 1.54) is 5.69 Å². The molecule has 1 amide bonds. The van der Waals surface area contributed by atoms with Gasteiger partial charge in [0.25, 0.3) is 5.91 Å². The van der Waals surface area contributed by atoms with Crippen molar-refractivity contribution in [1.82, 2.24) is 25.0 Å². The van der Waals surface area contributed by atoms with Crippen LogP contribution < -0.4 is 10.2 Å². The molecule has 0 spiro atoms. The largest absolute Gasteiger partial charge is 0.463 e. The Morgan fingerprint density at radius 2 is 1.86 bits per heavy atom. The standard InChI is InChI=1S/C28H34N6O2/c1-21(2)34-27-24(20-30-34)23(19-25(31-27)26-11-8-18-36-26)28(35)29-12-6-7-13-32-14-16-33(17-15-32)22-9-4-3-5-10-22/h3-5,8-11,18-21H,6-7,12-17H2,1-2H3,(H,29,35). The van der Waals surface area contributed by atoms with E-state index in [0.717, 1.165) is 51.0 Å². The Morgan fingerprint density at radius 1 is 1.06 bits per heavy atom. The number of para-hydroxylation sites is 1. The predicted molar refractivity (Wildman–Crippen MR) is 142 cm³/mol. The van der Waals surface area contributed by atoms with Crippen LogP contribution in [-0.4, -0.2) is 64.8 Å². The van der Waals surface area contributed by atoms with Gasteiger partial charge in [0.15, 0.2) is 11.4 Å². The van der Waals surface area contributed by atoms with E-state index < -0.39 is 0 Å². The van der Waals surface area contributed by atoms with Crippen LogP contribution in [0.4, 0.5) is 5.69 Å². The first-order valence-electron chi connectivity index (χ1n) is 12.8. The van der Waals surface area contributed by atoms with Crippen LogP contribution in [0, 0.1) is 0 Å². The number of unbranched alkanes of at least 4 members (excludes halogenated alkanes) is 1. The van der Waals surface area contributed by atoms with Crippen molar-refractivity contribution in [2.24, 2.45) is 0 Å². The number of aromatic nitrogens is 3. The summed E-state index contributed by atoms with van der Waals surface area (Å²) in [7, 11) is 0. The number of nitrogens with zero attached hydrogens (tertiary/aromatic N) is 5. The molecule has 1 fully saturated rings. The van der Waals surface area contributed by atoms with E-state index in [1.807, 2.05) is 16.8 Å². The van der Waals surface area contributed by atoms with Crippen molar-refractivity contribution in [2.75, 3.05) is 44.2 Å². The zero-order valence-electron chi connectivity index (χ0n) is 21.1. The first kappa shape index (κ1) is 24.1. The lowest BCUT2D eigenvalue weighted by molar-refractivity contribution is 0.0954. The van der Waals surface area contributed by atoms with Crippen molar-refractivity contribution in [1.29, 1.82) is 0 Å². The Morgan fingerprint density at radius 3 is 2.58 bits per heavy atom. The molecule has 1 aliphatic rings. The molecule has 5 rings (SSSR count). The minimum Gasteiger partial charge on any atom is -0.463 e. The Hall–Kier alpha value is -3.65. The number of benzene rings is 1. The lowest BCUT2D eigenvalue weighted by Crippen LogP contribution is -2.46. The second-order valence-corrected chi connectivity index (χ2v) is 9.58. The van der Waals surface area contributed by atoms with Crippen molar-refractivity contribution in [3.8, 4) is 11.5 Å². The van der Waals surface area contributed by atoms with Crippen LogP contribution in [0.1, 0.15) is 43.1 Å². The van der Waals surface area contributed by atoms with Gasteiger partial charge < -0.3 is 14.6 Å². The third kappa shape index (κ3) is 5.28. The van der Waals surface area contributed by atoms with Gasteiger partial charge in [-0.3, -0.25) is 9.69 Å². The molecule has 3 aromatic heterocycles. The highest BCUT2D eigenvalue weighted by atomic mass is 16.3. The molecular formula is C28H34N6O2. The number of carbonyl (C=O) groups is 1. The molecule has 0 aliphatic carbocycles. The monoisotopic (exact) mass is 486 g/mol. The van der Waals surface area contributed by atoms with Gasteiger partial charge in [-0.25, -0.2) is 9.67 Å². The normalized spacial score (nSPS) is 14.6. The predicted octanol–water partition coefficient (Wildman–Crippen LogP) is 4.60. The molecule has 1 aliphatic heterocycles. The van der Waals surface area contributed by atoms with Crippen LogP contribution in [0.5, 0.6) is 0 Å². The fourth-order valence-corrected chi connectivity index (χ4v) is 4.76. The minimum absolute atomic E-state index is 0.102. The summed E-state index contributed by atoms with van der Waals surface area (Å²) in [6.45, 7) is 10.1. The van der Waals surface area contributed by atoms with Crippen molar-refractivity contribution in [2.45, 2.75) is 32.7 Å². The molecule has 0 bridgehead atoms. The van der Waals surface area contributed by atoms with Gasteiger partial charge in [-0.1, -0.05) is 18.2 Å². The molecule has 0 saturated carbocycles. The van der Waals surface area contributed by atoms with Crippen LogP contribution >= 0.6 is 0 Å². The van der Waals surface area contributed by atoms with Gasteiger partial charge in [-0.15, -0.1) is 0 Å². The van der Waals surface area contributed by atoms with E-state index in [-0.39, 0.29) is 11.9 Å². The lowest BCUT2D eigenvalue weighted by Gasteiger charge is -2.36. The van der Waals surface area contributed by atoms with Crippen molar-refractivity contribution in [3.05, 3.63) is 66.6 Å². The third-order valence-corrected chi connectivity index (χ3v) is 6.75. The molecule has 0 radical (unpaired) electrons. The summed E-state index contributed by atoms with van der Waals surface area (Å²) in [4.78, 5) is 22.9. The minimum atomic E-state index is -0.102. The number of amides is 1. The number of rotatable bonds is 9. The fraction of sp³-hybridized carbons (Fsp3) is 0.393. The van der Waals surface area contributed by atoms with E-state index in [2.05, 4.69) is 64.4 Å². The molecule has 8 nitrogen and oxygen atoms in total. The zero-order valence-corrected chi connectivity index (χ0v) is 21.1. The molecular weight excluding hydrogens is 452 g/mol. The summed E-state index contributed by atoms with van der Waals surface area (Å²) in [5.74, 6) is 0.532. The van der Waals surface area contributed by atoms with Gasteiger partial charge in [0.05, 0.1) is 23.4 Å². The average Bonchev–Trinajstić information content (AvgIpc) is 3.59. The summed E-state index contributed by atoms with van der Waals surface area (Å²) in [5.41, 5.74) is 3.21. The number of nitrogens with one attached hydrogen (secondary N) is 1. The topological polar surface area (TPSA) is 79.4 Å². The molecule has 4 aromatic rings. The van der Waals surface area contributed by atoms with Crippen LogP contribution in [0.3, 0.4) is 0 Å². The van der Waals surface area contributed by atoms with Gasteiger partial charge in [-0.2, -0.15) is 5.10 Å². The number of hydrogen-bond donors (Lipinski definition) is 1. The maximum atomic E-state index is 13.2. The van der Waals surface area contributed by atoms with Crippen molar-refractivity contribution in [3.63, 3.8) is 0 Å². The van der Waals surface area contributed by atoms with Gasteiger partial charge in [0.2, 0.25) is 0 Å². The van der Waals surface area contributed by atoms with Crippen LogP contribution in [-0.2, 0) is 0 Å². The van der Waals surface area contributed by atoms with Gasteiger partial charge in [-0.05, 0) is 63.6 Å². The van der Waals surface area contributed by atoms with Crippen LogP contribution in [0.2, 0.25) is 0 Å². The smallest absolute Gasteiger partial charge is 0.252 e. The van der Waals surface area contributed by atoms with Gasteiger partial charge in [0, 0.05) is 44.5 Å². The summed E-state index contributed by atoms with van der Waals surface area (Å²) in [5, 5.41) is 8.35. The second kappa shape index (κ2) is 11.0. The maximum absolute atomic E-state index is 13.2. The highest BCUT2D eigenvalue weighted by Gasteiger charge is 2.20. The fourth-order valence-electron chi connectivity index (χ4n) is 4.76. The molecule has 0 atom stereocenters. The summed E-state index contributed by atoms with van der Waals surface area (Å²) < 4.78 is 7.39. The Bertz CT molecular complexity index is 1270. The molecule has 0 unspecified atom stereocenters. The number of pyridine rings is 1. The third-order valence-electron chi connectivity index (χ3n) is 6.75. The van der Waals surface area contributed by atoms with Gasteiger partial charge >= 0.3 is 0 Å². The highest BCUT2D eigenvalue weighted by Crippen LogP contribution is 2.26. The average molecular weight is 487 g/mol. The lowest BCUT2D eigenvalue weighted by atomic mass is 10.1. The molecule has 1 aromatic carbocycles. The molecule has 188 valence electrons. The van der Waals surface area contributed by atoms with E-state index in [0.29, 0.717) is 29.2 Å². The second-order valence-electron chi connectivity index (χ2n) is 9.58. The molecule has 1 saturated heterocycles. The Kier molecular flexibility index (Phi) is 7.32. The number of fused-ring (bicyclic) bond motifs is 1. The number of furan rings is 1. The SMILES string of the molecule is CC(C)n1ncc2c(C(=O)NCCCCN3CCN(c4ccccc4)CC3)cc(-c3ccco3)nc21. The van der Waals surface area contributed by atoms with E-state index in [1.54, 1.807) is 18.5 Å². The summed E-state index contributed by atoms with van der Waals surface area (Å²) in [6, 6.07) is 16.2. The highest BCUT2D eigenvalue weighted by molar-refractivity contribution is 6.06. The molecule has 8 heteroatoms.